The summed E-state index contributed by atoms with van der Waals surface area (Å²) >= 11 is 4.00. The normalized spacial score (nSPS) is 12.1. The Morgan fingerprint density at radius 2 is 2.17 bits per heavy atom. The molecule has 0 saturated carbocycles. The molecule has 0 fully saturated rings. The first kappa shape index (κ1) is 14.9. The fourth-order valence-electron chi connectivity index (χ4n) is 1.11. The molecule has 0 amide bonds. The van der Waals surface area contributed by atoms with Gasteiger partial charge in [-0.15, -0.1) is 0 Å². The first-order valence-electron chi connectivity index (χ1n) is 4.53. The third kappa shape index (κ3) is 3.65. The van der Waals surface area contributed by atoms with E-state index in [0.29, 0.717) is 0 Å². The lowest BCUT2D eigenvalue weighted by Gasteiger charge is -2.10. The number of rotatable bonds is 1. The average Bonchev–Trinajstić information content (AvgIpc) is 2.29. The summed E-state index contributed by atoms with van der Waals surface area (Å²) in [5, 5.41) is 11.0. The fraction of sp³-hybridized carbons (Fsp3) is 0.200. The molecule has 8 heteroatoms. The molecule has 0 radical (unpaired) electrons. The Hall–Kier alpha value is -1.20. The van der Waals surface area contributed by atoms with E-state index in [4.69, 9.17) is 5.26 Å². The standard InChI is InChI=1S/C10H7BrF3N3S/c1-18-9(16-5-15)17-7-4-2-3-6(8(7)11)10(12,13)14/h2-4H,1H3,(H,16,17). The van der Waals surface area contributed by atoms with Crippen LogP contribution in [0.5, 0.6) is 0 Å². The Balaban J connectivity index is 3.24. The van der Waals surface area contributed by atoms with Crippen molar-refractivity contribution in [2.45, 2.75) is 6.18 Å². The van der Waals surface area contributed by atoms with Crippen LogP contribution in [0.4, 0.5) is 18.9 Å². The van der Waals surface area contributed by atoms with E-state index in [2.05, 4.69) is 26.2 Å². The fourth-order valence-corrected chi connectivity index (χ4v) is 2.02. The molecule has 0 bridgehead atoms. The van der Waals surface area contributed by atoms with E-state index < -0.39 is 11.7 Å². The summed E-state index contributed by atoms with van der Waals surface area (Å²) in [6.07, 6.45) is -1.13. The second-order valence-electron chi connectivity index (χ2n) is 2.99. The number of aliphatic imine (C=N–C) groups is 1. The number of nitrogens with one attached hydrogen (secondary N) is 1. The summed E-state index contributed by atoms with van der Waals surface area (Å²) in [5.41, 5.74) is -0.696. The van der Waals surface area contributed by atoms with Gasteiger partial charge in [0.25, 0.3) is 0 Å². The number of nitriles is 1. The van der Waals surface area contributed by atoms with Crippen molar-refractivity contribution in [3.05, 3.63) is 28.2 Å². The van der Waals surface area contributed by atoms with E-state index in [1.807, 2.05) is 0 Å². The van der Waals surface area contributed by atoms with Crippen LogP contribution in [0.3, 0.4) is 0 Å². The van der Waals surface area contributed by atoms with Gasteiger partial charge in [0.1, 0.15) is 0 Å². The van der Waals surface area contributed by atoms with E-state index in [-0.39, 0.29) is 15.3 Å². The highest BCUT2D eigenvalue weighted by atomic mass is 79.9. The van der Waals surface area contributed by atoms with E-state index in [1.54, 1.807) is 12.4 Å². The quantitative estimate of drug-likeness (QED) is 0.366. The van der Waals surface area contributed by atoms with E-state index >= 15 is 0 Å². The number of benzene rings is 1. The van der Waals surface area contributed by atoms with Crippen molar-refractivity contribution in [3.63, 3.8) is 0 Å². The Bertz CT molecular complexity index is 508. The van der Waals surface area contributed by atoms with Crippen molar-refractivity contribution in [1.29, 1.82) is 5.26 Å². The Morgan fingerprint density at radius 1 is 1.50 bits per heavy atom. The number of thioether (sulfide) groups is 1. The highest BCUT2D eigenvalue weighted by Gasteiger charge is 2.33. The molecular formula is C10H7BrF3N3S. The summed E-state index contributed by atoms with van der Waals surface area (Å²) < 4.78 is 37.8. The number of amidine groups is 1. The van der Waals surface area contributed by atoms with Gasteiger partial charge < -0.3 is 0 Å². The maximum absolute atomic E-state index is 12.6. The van der Waals surface area contributed by atoms with Gasteiger partial charge in [-0.3, -0.25) is 5.32 Å². The average molecular weight is 338 g/mol. The first-order valence-corrected chi connectivity index (χ1v) is 6.55. The maximum atomic E-state index is 12.6. The number of hydrogen-bond acceptors (Lipinski definition) is 3. The van der Waals surface area contributed by atoms with Crippen molar-refractivity contribution in [2.75, 3.05) is 6.26 Å². The highest BCUT2D eigenvalue weighted by molar-refractivity contribution is 9.10. The van der Waals surface area contributed by atoms with Crippen LogP contribution in [0.2, 0.25) is 0 Å². The van der Waals surface area contributed by atoms with Crippen molar-refractivity contribution < 1.29 is 13.2 Å². The van der Waals surface area contributed by atoms with Gasteiger partial charge in [0.2, 0.25) is 0 Å². The molecular weight excluding hydrogens is 331 g/mol. The predicted molar refractivity (Wildman–Crippen MR) is 68.5 cm³/mol. The van der Waals surface area contributed by atoms with Crippen LogP contribution < -0.4 is 5.32 Å². The van der Waals surface area contributed by atoms with E-state index in [9.17, 15) is 13.2 Å². The van der Waals surface area contributed by atoms with Crippen LogP contribution >= 0.6 is 27.7 Å². The smallest absolute Gasteiger partial charge is 0.271 e. The molecule has 0 aliphatic heterocycles. The molecule has 0 aromatic heterocycles. The summed E-state index contributed by atoms with van der Waals surface area (Å²) in [6.45, 7) is 0. The molecule has 1 N–H and O–H groups in total. The first-order chi connectivity index (χ1) is 8.40. The lowest BCUT2D eigenvalue weighted by molar-refractivity contribution is -0.138. The molecule has 0 spiro atoms. The molecule has 18 heavy (non-hydrogen) atoms. The molecule has 1 rings (SSSR count). The molecule has 0 aliphatic carbocycles. The molecule has 0 heterocycles. The van der Waals surface area contributed by atoms with E-state index in [1.165, 1.54) is 12.1 Å². The van der Waals surface area contributed by atoms with Gasteiger partial charge in [0, 0.05) is 0 Å². The van der Waals surface area contributed by atoms with Crippen molar-refractivity contribution in [2.24, 2.45) is 4.99 Å². The second-order valence-corrected chi connectivity index (χ2v) is 4.58. The number of hydrogen-bond donors (Lipinski definition) is 1. The van der Waals surface area contributed by atoms with Crippen molar-refractivity contribution >= 4 is 38.5 Å². The van der Waals surface area contributed by atoms with Crippen LogP contribution in [-0.4, -0.2) is 11.4 Å². The highest BCUT2D eigenvalue weighted by Crippen LogP contribution is 2.39. The van der Waals surface area contributed by atoms with Crippen LogP contribution in [0.1, 0.15) is 5.56 Å². The van der Waals surface area contributed by atoms with Gasteiger partial charge in [-0.2, -0.15) is 18.4 Å². The second kappa shape index (κ2) is 6.11. The topological polar surface area (TPSA) is 48.2 Å². The minimum atomic E-state index is -4.45. The zero-order valence-electron chi connectivity index (χ0n) is 9.05. The van der Waals surface area contributed by atoms with Gasteiger partial charge >= 0.3 is 6.18 Å². The van der Waals surface area contributed by atoms with Crippen molar-refractivity contribution in [1.82, 2.24) is 5.32 Å². The van der Waals surface area contributed by atoms with Crippen LogP contribution in [0.15, 0.2) is 27.7 Å². The number of halogens is 4. The third-order valence-electron chi connectivity index (χ3n) is 1.86. The monoisotopic (exact) mass is 337 g/mol. The Labute approximate surface area is 114 Å². The lowest BCUT2D eigenvalue weighted by atomic mass is 10.2. The third-order valence-corrected chi connectivity index (χ3v) is 3.28. The Morgan fingerprint density at radius 3 is 2.67 bits per heavy atom. The molecule has 0 unspecified atom stereocenters. The predicted octanol–water partition coefficient (Wildman–Crippen LogP) is 3.89. The summed E-state index contributed by atoms with van der Waals surface area (Å²) in [6, 6.07) is 3.64. The minimum absolute atomic E-state index is 0.108. The molecule has 0 aliphatic rings. The van der Waals surface area contributed by atoms with Crippen LogP contribution in [0, 0.1) is 11.5 Å². The molecule has 3 nitrogen and oxygen atoms in total. The molecule has 1 aromatic carbocycles. The molecule has 1 aromatic rings. The van der Waals surface area contributed by atoms with Gasteiger partial charge in [0.05, 0.1) is 15.7 Å². The summed E-state index contributed by atoms with van der Waals surface area (Å²) in [7, 11) is 0. The summed E-state index contributed by atoms with van der Waals surface area (Å²) in [5.74, 6) is 0. The Kier molecular flexibility index (Phi) is 5.04. The minimum Gasteiger partial charge on any atom is -0.271 e. The van der Waals surface area contributed by atoms with Gasteiger partial charge in [0.15, 0.2) is 11.4 Å². The van der Waals surface area contributed by atoms with Gasteiger partial charge in [-0.1, -0.05) is 17.8 Å². The number of alkyl halides is 3. The van der Waals surface area contributed by atoms with E-state index in [0.717, 1.165) is 17.8 Å². The lowest BCUT2D eigenvalue weighted by Crippen LogP contribution is -2.12. The zero-order chi connectivity index (χ0) is 13.8. The molecule has 0 atom stereocenters. The van der Waals surface area contributed by atoms with Gasteiger partial charge in [-0.05, 0) is 34.3 Å². The largest absolute Gasteiger partial charge is 0.417 e. The van der Waals surface area contributed by atoms with Gasteiger partial charge in [-0.25, -0.2) is 4.99 Å². The maximum Gasteiger partial charge on any atom is 0.417 e. The molecule has 0 saturated heterocycles. The molecule has 96 valence electrons. The van der Waals surface area contributed by atoms with Crippen LogP contribution in [-0.2, 0) is 6.18 Å². The number of nitrogens with zero attached hydrogens (tertiary/aromatic N) is 2. The zero-order valence-corrected chi connectivity index (χ0v) is 11.4. The SMILES string of the molecule is CSC(=Nc1cccc(C(F)(F)F)c1Br)NC#N. The van der Waals surface area contributed by atoms with Crippen LogP contribution in [0.25, 0.3) is 0 Å². The van der Waals surface area contributed by atoms with Crippen molar-refractivity contribution in [3.8, 4) is 6.19 Å². The summed E-state index contributed by atoms with van der Waals surface area (Å²) in [4.78, 5) is 3.94.